The molecule has 102 valence electrons. The zero-order valence-corrected chi connectivity index (χ0v) is 9.93. The second-order valence-electron chi connectivity index (χ2n) is 3.24. The minimum atomic E-state index is -4.31. The standard InChI is InChI=1S/C8H6ClF3N6O/c9-5-15-6(18-4-13-3-14-18)17-7(16-5)19-2-1-8(10,11)12/h3-4H,1-2H2. The molecular formula is C8H6ClF3N6O. The van der Waals surface area contributed by atoms with E-state index >= 15 is 0 Å². The van der Waals surface area contributed by atoms with Gasteiger partial charge in [0.05, 0.1) is 6.42 Å². The molecule has 0 spiro atoms. The maximum atomic E-state index is 12.0. The number of rotatable bonds is 4. The quantitative estimate of drug-likeness (QED) is 0.849. The summed E-state index contributed by atoms with van der Waals surface area (Å²) in [6.45, 7) is -0.610. The number of ether oxygens (including phenoxy) is 1. The van der Waals surface area contributed by atoms with Crippen LogP contribution in [0.25, 0.3) is 5.95 Å². The lowest BCUT2D eigenvalue weighted by atomic mass is 10.4. The third kappa shape index (κ3) is 4.02. The van der Waals surface area contributed by atoms with Gasteiger partial charge in [0.1, 0.15) is 19.3 Å². The molecule has 7 nitrogen and oxygen atoms in total. The van der Waals surface area contributed by atoms with E-state index in [9.17, 15) is 13.2 Å². The van der Waals surface area contributed by atoms with Crippen molar-refractivity contribution in [3.05, 3.63) is 17.9 Å². The van der Waals surface area contributed by atoms with Gasteiger partial charge >= 0.3 is 12.2 Å². The fourth-order valence-electron chi connectivity index (χ4n) is 1.06. The van der Waals surface area contributed by atoms with Crippen molar-refractivity contribution in [3.8, 4) is 12.0 Å². The molecule has 2 aromatic heterocycles. The Morgan fingerprint density at radius 3 is 2.68 bits per heavy atom. The van der Waals surface area contributed by atoms with Crippen molar-refractivity contribution in [2.75, 3.05) is 6.61 Å². The highest BCUT2D eigenvalue weighted by Gasteiger charge is 2.27. The largest absolute Gasteiger partial charge is 0.463 e. The minimum Gasteiger partial charge on any atom is -0.463 e. The number of halogens is 4. The molecule has 0 bridgehead atoms. The van der Waals surface area contributed by atoms with Crippen LogP contribution in [0.1, 0.15) is 6.42 Å². The van der Waals surface area contributed by atoms with Crippen LogP contribution in [-0.4, -0.2) is 42.5 Å². The van der Waals surface area contributed by atoms with Crippen LogP contribution in [0.2, 0.25) is 5.28 Å². The van der Waals surface area contributed by atoms with Gasteiger partial charge in [-0.05, 0) is 11.6 Å². The van der Waals surface area contributed by atoms with Gasteiger partial charge in [-0.1, -0.05) is 0 Å². The van der Waals surface area contributed by atoms with Crippen LogP contribution in [0.3, 0.4) is 0 Å². The van der Waals surface area contributed by atoms with E-state index in [0.29, 0.717) is 0 Å². The molecular weight excluding hydrogens is 289 g/mol. The van der Waals surface area contributed by atoms with Crippen molar-refractivity contribution in [2.45, 2.75) is 12.6 Å². The smallest absolute Gasteiger partial charge is 0.392 e. The molecule has 0 unspecified atom stereocenters. The molecule has 0 fully saturated rings. The molecule has 0 atom stereocenters. The third-order valence-electron chi connectivity index (χ3n) is 1.82. The molecule has 0 saturated heterocycles. The van der Waals surface area contributed by atoms with E-state index in [4.69, 9.17) is 16.3 Å². The monoisotopic (exact) mass is 294 g/mol. The van der Waals surface area contributed by atoms with Crippen molar-refractivity contribution in [3.63, 3.8) is 0 Å². The number of hydrogen-bond acceptors (Lipinski definition) is 6. The van der Waals surface area contributed by atoms with Gasteiger partial charge in [0.2, 0.25) is 5.28 Å². The molecule has 2 rings (SSSR count). The van der Waals surface area contributed by atoms with Gasteiger partial charge in [-0.15, -0.1) is 0 Å². The molecule has 0 amide bonds. The van der Waals surface area contributed by atoms with Gasteiger partial charge in [-0.3, -0.25) is 0 Å². The Morgan fingerprint density at radius 1 is 1.26 bits per heavy atom. The predicted octanol–water partition coefficient (Wildman–Crippen LogP) is 1.44. The van der Waals surface area contributed by atoms with Crippen LogP contribution >= 0.6 is 11.6 Å². The number of nitrogens with zero attached hydrogens (tertiary/aromatic N) is 6. The van der Waals surface area contributed by atoms with Crippen molar-refractivity contribution in [1.82, 2.24) is 29.7 Å². The summed E-state index contributed by atoms with van der Waals surface area (Å²) in [5.41, 5.74) is 0. The summed E-state index contributed by atoms with van der Waals surface area (Å²) in [7, 11) is 0. The Morgan fingerprint density at radius 2 is 2.05 bits per heavy atom. The topological polar surface area (TPSA) is 78.6 Å². The zero-order chi connectivity index (χ0) is 13.9. The molecule has 0 saturated carbocycles. The van der Waals surface area contributed by atoms with Gasteiger partial charge in [-0.2, -0.15) is 37.9 Å². The fraction of sp³-hybridized carbons (Fsp3) is 0.375. The first-order valence-corrected chi connectivity index (χ1v) is 5.28. The minimum absolute atomic E-state index is 0.000455. The van der Waals surface area contributed by atoms with Crippen molar-refractivity contribution in [2.24, 2.45) is 0 Å². The lowest BCUT2D eigenvalue weighted by Gasteiger charge is -2.07. The van der Waals surface area contributed by atoms with Crippen LogP contribution in [0.5, 0.6) is 6.01 Å². The average molecular weight is 295 g/mol. The molecule has 0 aliphatic heterocycles. The van der Waals surface area contributed by atoms with E-state index < -0.39 is 19.2 Å². The van der Waals surface area contributed by atoms with Crippen molar-refractivity contribution in [1.29, 1.82) is 0 Å². The molecule has 0 aromatic carbocycles. The third-order valence-corrected chi connectivity index (χ3v) is 1.99. The number of alkyl halides is 3. The number of aromatic nitrogens is 6. The summed E-state index contributed by atoms with van der Waals surface area (Å²) >= 11 is 5.61. The van der Waals surface area contributed by atoms with Gasteiger partial charge in [0.15, 0.2) is 0 Å². The molecule has 0 radical (unpaired) electrons. The molecule has 0 N–H and O–H groups in total. The van der Waals surface area contributed by atoms with Gasteiger partial charge < -0.3 is 4.74 Å². The summed E-state index contributed by atoms with van der Waals surface area (Å²) in [5, 5.41) is 3.53. The Bertz CT molecular complexity index is 546. The highest BCUT2D eigenvalue weighted by molar-refractivity contribution is 6.28. The summed E-state index contributed by atoms with van der Waals surface area (Å²) < 4.78 is 41.8. The normalized spacial score (nSPS) is 11.6. The Labute approximate surface area is 109 Å². The molecule has 0 aliphatic carbocycles. The summed E-state index contributed by atoms with van der Waals surface area (Å²) in [6, 6.07) is -0.310. The van der Waals surface area contributed by atoms with Crippen molar-refractivity contribution < 1.29 is 17.9 Å². The molecule has 2 heterocycles. The molecule has 19 heavy (non-hydrogen) atoms. The highest BCUT2D eigenvalue weighted by atomic mass is 35.5. The fourth-order valence-corrected chi connectivity index (χ4v) is 1.21. The van der Waals surface area contributed by atoms with Crippen LogP contribution in [0.15, 0.2) is 12.7 Å². The second kappa shape index (κ2) is 5.34. The molecule has 2 aromatic rings. The predicted molar refractivity (Wildman–Crippen MR) is 55.9 cm³/mol. The van der Waals surface area contributed by atoms with Crippen LogP contribution in [0, 0.1) is 0 Å². The SMILES string of the molecule is FC(F)(F)CCOc1nc(Cl)nc(-n2cncn2)n1. The van der Waals surface area contributed by atoms with E-state index in [0.717, 1.165) is 0 Å². The van der Waals surface area contributed by atoms with Crippen molar-refractivity contribution >= 4 is 11.6 Å². The second-order valence-corrected chi connectivity index (χ2v) is 3.58. The summed E-state index contributed by atoms with van der Waals surface area (Å²) in [5.74, 6) is -0.000455. The van der Waals surface area contributed by atoms with E-state index in [1.54, 1.807) is 0 Å². The average Bonchev–Trinajstić information content (AvgIpc) is 2.79. The van der Waals surface area contributed by atoms with Gasteiger partial charge in [-0.25, -0.2) is 4.98 Å². The lowest BCUT2D eigenvalue weighted by Crippen LogP contribution is -2.14. The molecule has 11 heteroatoms. The van der Waals surface area contributed by atoms with Gasteiger partial charge in [0, 0.05) is 0 Å². The first kappa shape index (κ1) is 13.5. The Kier molecular flexibility index (Phi) is 3.79. The van der Waals surface area contributed by atoms with Crippen LogP contribution in [0.4, 0.5) is 13.2 Å². The van der Waals surface area contributed by atoms with Crippen LogP contribution in [-0.2, 0) is 0 Å². The summed E-state index contributed by atoms with van der Waals surface area (Å²) in [6.07, 6.45) is -2.90. The zero-order valence-electron chi connectivity index (χ0n) is 9.17. The van der Waals surface area contributed by atoms with E-state index in [-0.39, 0.29) is 17.2 Å². The maximum Gasteiger partial charge on any atom is 0.392 e. The Hall–Kier alpha value is -1.97. The Balaban J connectivity index is 2.09. The lowest BCUT2D eigenvalue weighted by molar-refractivity contribution is -0.139. The highest BCUT2D eigenvalue weighted by Crippen LogP contribution is 2.19. The summed E-state index contributed by atoms with van der Waals surface area (Å²) in [4.78, 5) is 14.7. The molecule has 0 aliphatic rings. The first-order chi connectivity index (χ1) is 8.94. The number of hydrogen-bond donors (Lipinski definition) is 0. The van der Waals surface area contributed by atoms with Crippen LogP contribution < -0.4 is 4.74 Å². The van der Waals surface area contributed by atoms with E-state index in [2.05, 4.69) is 25.0 Å². The maximum absolute atomic E-state index is 12.0. The van der Waals surface area contributed by atoms with E-state index in [1.807, 2.05) is 0 Å². The first-order valence-electron chi connectivity index (χ1n) is 4.90. The van der Waals surface area contributed by atoms with E-state index in [1.165, 1.54) is 17.3 Å². The van der Waals surface area contributed by atoms with Gasteiger partial charge in [0.25, 0.3) is 5.95 Å².